The maximum absolute atomic E-state index is 12.1. The van der Waals surface area contributed by atoms with E-state index >= 15 is 0 Å². The number of benzene rings is 1. The topological polar surface area (TPSA) is 65.5 Å². The molecule has 5 nitrogen and oxygen atoms in total. The Morgan fingerprint density at radius 3 is 2.31 bits per heavy atom. The fraction of sp³-hybridized carbons (Fsp3) is 0.529. The molecule has 0 bridgehead atoms. The summed E-state index contributed by atoms with van der Waals surface area (Å²) < 4.78 is 36.4. The standard InChI is InChI=1S/C17H25F3N4O.HI/c1-4-12(2)24-15(25)14-7-5-13(6-8-14)11-23-16(21-3)22-10-9-17(18,19)20;/h5-8,12H,4,9-11H2,1-3H3,(H,24,25)(H2,21,22,23);1H. The Kier molecular flexibility index (Phi) is 11.3. The number of rotatable bonds is 7. The van der Waals surface area contributed by atoms with Crippen molar-refractivity contribution in [3.05, 3.63) is 35.4 Å². The van der Waals surface area contributed by atoms with Gasteiger partial charge in [-0.2, -0.15) is 13.2 Å². The van der Waals surface area contributed by atoms with Crippen LogP contribution in [0, 0.1) is 0 Å². The molecule has 0 saturated carbocycles. The van der Waals surface area contributed by atoms with Crippen molar-refractivity contribution in [1.82, 2.24) is 16.0 Å². The highest BCUT2D eigenvalue weighted by molar-refractivity contribution is 14.0. The van der Waals surface area contributed by atoms with Crippen molar-refractivity contribution < 1.29 is 18.0 Å². The molecule has 0 aliphatic rings. The quantitative estimate of drug-likeness (QED) is 0.315. The summed E-state index contributed by atoms with van der Waals surface area (Å²) in [6.07, 6.45) is -4.26. The zero-order valence-electron chi connectivity index (χ0n) is 15.1. The number of alkyl halides is 3. The first-order valence-corrected chi connectivity index (χ1v) is 8.16. The van der Waals surface area contributed by atoms with Crippen molar-refractivity contribution >= 4 is 35.8 Å². The van der Waals surface area contributed by atoms with Gasteiger partial charge in [-0.3, -0.25) is 9.79 Å². The van der Waals surface area contributed by atoms with Crippen molar-refractivity contribution in [2.75, 3.05) is 13.6 Å². The van der Waals surface area contributed by atoms with Crippen molar-refractivity contribution in [3.63, 3.8) is 0 Å². The maximum atomic E-state index is 12.1. The summed E-state index contributed by atoms with van der Waals surface area (Å²) in [5.41, 5.74) is 1.45. The molecule has 0 spiro atoms. The summed E-state index contributed by atoms with van der Waals surface area (Å²) in [7, 11) is 1.49. The van der Waals surface area contributed by atoms with Crippen molar-refractivity contribution in [1.29, 1.82) is 0 Å². The first kappa shape index (κ1) is 24.5. The molecule has 1 atom stereocenters. The Hall–Kier alpha value is -1.52. The molecule has 0 aliphatic heterocycles. The third kappa shape index (κ3) is 9.83. The Bertz CT molecular complexity index is 576. The minimum Gasteiger partial charge on any atom is -0.356 e. The van der Waals surface area contributed by atoms with Gasteiger partial charge in [0.2, 0.25) is 0 Å². The van der Waals surface area contributed by atoms with Gasteiger partial charge in [0.15, 0.2) is 5.96 Å². The van der Waals surface area contributed by atoms with Gasteiger partial charge in [-0.15, -0.1) is 24.0 Å². The van der Waals surface area contributed by atoms with Crippen molar-refractivity contribution in [3.8, 4) is 0 Å². The van der Waals surface area contributed by atoms with Crippen molar-refractivity contribution in [2.45, 2.75) is 45.5 Å². The number of nitrogens with one attached hydrogen (secondary N) is 3. The first-order chi connectivity index (χ1) is 11.7. The van der Waals surface area contributed by atoms with Crippen LogP contribution in [-0.2, 0) is 6.54 Å². The predicted octanol–water partition coefficient (Wildman–Crippen LogP) is 3.45. The molecule has 0 aromatic heterocycles. The van der Waals surface area contributed by atoms with Crippen LogP contribution in [0.4, 0.5) is 13.2 Å². The van der Waals surface area contributed by atoms with Crippen LogP contribution in [0.25, 0.3) is 0 Å². The van der Waals surface area contributed by atoms with E-state index in [0.29, 0.717) is 18.1 Å². The summed E-state index contributed by atoms with van der Waals surface area (Å²) >= 11 is 0. The smallest absolute Gasteiger partial charge is 0.356 e. The number of aliphatic imine (C=N–C) groups is 1. The molecule has 0 saturated heterocycles. The molecule has 148 valence electrons. The summed E-state index contributed by atoms with van der Waals surface area (Å²) in [6.45, 7) is 4.08. The Morgan fingerprint density at radius 1 is 1.19 bits per heavy atom. The number of hydrogen-bond donors (Lipinski definition) is 3. The van der Waals surface area contributed by atoms with Crippen LogP contribution in [0.1, 0.15) is 42.6 Å². The van der Waals surface area contributed by atoms with Gasteiger partial charge in [-0.1, -0.05) is 19.1 Å². The third-order valence-electron chi connectivity index (χ3n) is 3.59. The van der Waals surface area contributed by atoms with Crippen LogP contribution in [0.3, 0.4) is 0 Å². The van der Waals surface area contributed by atoms with Gasteiger partial charge in [0.25, 0.3) is 5.91 Å². The predicted molar refractivity (Wildman–Crippen MR) is 108 cm³/mol. The molecule has 3 N–H and O–H groups in total. The van der Waals surface area contributed by atoms with E-state index in [1.54, 1.807) is 24.3 Å². The zero-order valence-corrected chi connectivity index (χ0v) is 17.4. The SMILES string of the molecule is CCC(C)NC(=O)c1ccc(CNC(=NC)NCCC(F)(F)F)cc1.I. The average molecular weight is 486 g/mol. The van der Waals surface area contributed by atoms with E-state index in [9.17, 15) is 18.0 Å². The lowest BCUT2D eigenvalue weighted by Crippen LogP contribution is -2.38. The molecule has 1 unspecified atom stereocenters. The zero-order chi connectivity index (χ0) is 18.9. The number of carbonyl (C=O) groups is 1. The Balaban J connectivity index is 0.00000625. The monoisotopic (exact) mass is 486 g/mol. The number of nitrogens with zero attached hydrogens (tertiary/aromatic N) is 1. The average Bonchev–Trinajstić information content (AvgIpc) is 2.57. The van der Waals surface area contributed by atoms with Crippen LogP contribution in [0.2, 0.25) is 0 Å². The van der Waals surface area contributed by atoms with Crippen molar-refractivity contribution in [2.24, 2.45) is 4.99 Å². The molecule has 0 radical (unpaired) electrons. The van der Waals surface area contributed by atoms with Gasteiger partial charge in [-0.05, 0) is 31.0 Å². The van der Waals surface area contributed by atoms with Gasteiger partial charge in [0, 0.05) is 31.7 Å². The number of carbonyl (C=O) groups excluding carboxylic acids is 1. The van der Waals surface area contributed by atoms with E-state index in [-0.39, 0.29) is 42.5 Å². The first-order valence-electron chi connectivity index (χ1n) is 8.16. The molecule has 1 rings (SSSR count). The lowest BCUT2D eigenvalue weighted by molar-refractivity contribution is -0.132. The second kappa shape index (κ2) is 12.0. The summed E-state index contributed by atoms with van der Waals surface area (Å²) in [5, 5.41) is 8.43. The summed E-state index contributed by atoms with van der Waals surface area (Å²) in [5.74, 6) is 0.168. The van der Waals surface area contributed by atoms with Gasteiger partial charge < -0.3 is 16.0 Å². The summed E-state index contributed by atoms with van der Waals surface area (Å²) in [4.78, 5) is 15.9. The minimum atomic E-state index is -4.20. The van der Waals surface area contributed by atoms with E-state index < -0.39 is 12.6 Å². The van der Waals surface area contributed by atoms with Gasteiger partial charge in [0.05, 0.1) is 6.42 Å². The second-order valence-corrected chi connectivity index (χ2v) is 5.70. The highest BCUT2D eigenvalue weighted by atomic mass is 127. The number of amides is 1. The molecule has 1 aromatic rings. The Labute approximate surface area is 169 Å². The molecule has 1 aromatic carbocycles. The molecule has 9 heteroatoms. The third-order valence-corrected chi connectivity index (χ3v) is 3.59. The highest BCUT2D eigenvalue weighted by Gasteiger charge is 2.26. The number of hydrogen-bond acceptors (Lipinski definition) is 2. The number of halogens is 4. The van der Waals surface area contributed by atoms with E-state index in [1.807, 2.05) is 13.8 Å². The van der Waals surface area contributed by atoms with Crippen LogP contribution in [-0.4, -0.2) is 37.7 Å². The largest absolute Gasteiger partial charge is 0.390 e. The van der Waals surface area contributed by atoms with Crippen LogP contribution >= 0.6 is 24.0 Å². The highest BCUT2D eigenvalue weighted by Crippen LogP contribution is 2.18. The number of guanidine groups is 1. The van der Waals surface area contributed by atoms with Gasteiger partial charge in [0.1, 0.15) is 0 Å². The molecule has 0 heterocycles. The second-order valence-electron chi connectivity index (χ2n) is 5.70. The molecular weight excluding hydrogens is 460 g/mol. The van der Waals surface area contributed by atoms with E-state index in [2.05, 4.69) is 20.9 Å². The Morgan fingerprint density at radius 2 is 1.81 bits per heavy atom. The van der Waals surface area contributed by atoms with Crippen LogP contribution in [0.15, 0.2) is 29.3 Å². The molecular formula is C17H26F3IN4O. The fourth-order valence-corrected chi connectivity index (χ4v) is 1.91. The maximum Gasteiger partial charge on any atom is 0.390 e. The van der Waals surface area contributed by atoms with E-state index in [0.717, 1.165) is 12.0 Å². The fourth-order valence-electron chi connectivity index (χ4n) is 1.91. The van der Waals surface area contributed by atoms with Gasteiger partial charge >= 0.3 is 6.18 Å². The molecule has 1 amide bonds. The van der Waals surface area contributed by atoms with Crippen LogP contribution < -0.4 is 16.0 Å². The van der Waals surface area contributed by atoms with Crippen LogP contribution in [0.5, 0.6) is 0 Å². The molecule has 26 heavy (non-hydrogen) atoms. The molecule has 0 fully saturated rings. The normalized spacial score (nSPS) is 12.8. The molecule has 0 aliphatic carbocycles. The van der Waals surface area contributed by atoms with Gasteiger partial charge in [-0.25, -0.2) is 0 Å². The lowest BCUT2D eigenvalue weighted by atomic mass is 10.1. The minimum absolute atomic E-state index is 0. The lowest BCUT2D eigenvalue weighted by Gasteiger charge is -2.14. The van der Waals surface area contributed by atoms with E-state index in [1.165, 1.54) is 7.05 Å². The summed E-state index contributed by atoms with van der Waals surface area (Å²) in [6, 6.07) is 7.13. The van der Waals surface area contributed by atoms with E-state index in [4.69, 9.17) is 0 Å².